The summed E-state index contributed by atoms with van der Waals surface area (Å²) >= 11 is 0. The highest BCUT2D eigenvalue weighted by atomic mass is 16.3. The molecule has 0 bridgehead atoms. The highest BCUT2D eigenvalue weighted by Crippen LogP contribution is 2.40. The van der Waals surface area contributed by atoms with Crippen molar-refractivity contribution in [2.75, 3.05) is 0 Å². The van der Waals surface area contributed by atoms with Crippen LogP contribution in [0.25, 0.3) is 117 Å². The first-order valence-electron chi connectivity index (χ1n) is 19.0. The second-order valence-corrected chi connectivity index (χ2v) is 14.4. The number of fused-ring (bicyclic) bond motifs is 9. The van der Waals surface area contributed by atoms with Crippen molar-refractivity contribution < 1.29 is 8.83 Å². The minimum Gasteiger partial charge on any atom is -0.456 e. The van der Waals surface area contributed by atoms with Crippen LogP contribution in [0.1, 0.15) is 0 Å². The molecule has 57 heavy (non-hydrogen) atoms. The smallest absolute Gasteiger partial charge is 0.164 e. The van der Waals surface area contributed by atoms with Gasteiger partial charge < -0.3 is 13.4 Å². The molecule has 6 nitrogen and oxygen atoms in total. The number of aromatic nitrogens is 4. The molecule has 266 valence electrons. The van der Waals surface area contributed by atoms with Crippen LogP contribution in [0, 0.1) is 0 Å². The molecule has 0 unspecified atom stereocenters. The van der Waals surface area contributed by atoms with Crippen molar-refractivity contribution in [1.82, 2.24) is 19.5 Å². The molecule has 0 saturated heterocycles. The Balaban J connectivity index is 1.03. The van der Waals surface area contributed by atoms with Crippen molar-refractivity contribution >= 4 is 65.7 Å². The van der Waals surface area contributed by atoms with Crippen molar-refractivity contribution in [3.05, 3.63) is 182 Å². The Kier molecular flexibility index (Phi) is 6.83. The summed E-state index contributed by atoms with van der Waals surface area (Å²) in [4.78, 5) is 15.4. The molecule has 0 N–H and O–H groups in total. The molecule has 0 amide bonds. The van der Waals surface area contributed by atoms with Gasteiger partial charge in [-0.3, -0.25) is 0 Å². The highest BCUT2D eigenvalue weighted by molar-refractivity contribution is 6.13. The van der Waals surface area contributed by atoms with Gasteiger partial charge in [0.1, 0.15) is 22.3 Å². The van der Waals surface area contributed by atoms with Crippen LogP contribution in [-0.4, -0.2) is 19.5 Å². The predicted octanol–water partition coefficient (Wildman–Crippen LogP) is 13.4. The maximum atomic E-state index is 6.48. The Labute approximate surface area is 325 Å². The third-order valence-electron chi connectivity index (χ3n) is 11.1. The zero-order chi connectivity index (χ0) is 37.5. The minimum absolute atomic E-state index is 0.591. The molecular weight excluding hydrogens is 701 g/mol. The summed E-state index contributed by atoms with van der Waals surface area (Å²) in [5.41, 5.74) is 11.6. The molecule has 0 saturated carbocycles. The lowest BCUT2D eigenvalue weighted by Crippen LogP contribution is -2.00. The van der Waals surface area contributed by atoms with Gasteiger partial charge in [0, 0.05) is 60.8 Å². The molecule has 0 aliphatic carbocycles. The van der Waals surface area contributed by atoms with Gasteiger partial charge in [0.05, 0.1) is 11.0 Å². The summed E-state index contributed by atoms with van der Waals surface area (Å²) in [5.74, 6) is 1.80. The van der Waals surface area contributed by atoms with Gasteiger partial charge in [0.2, 0.25) is 0 Å². The molecule has 8 aromatic carbocycles. The van der Waals surface area contributed by atoms with Crippen LogP contribution in [0.5, 0.6) is 0 Å². The first kappa shape index (κ1) is 31.5. The van der Waals surface area contributed by atoms with Gasteiger partial charge in [-0.2, -0.15) is 0 Å². The number of hydrogen-bond donors (Lipinski definition) is 0. The van der Waals surface area contributed by atoms with E-state index >= 15 is 0 Å². The third kappa shape index (κ3) is 5.01. The predicted molar refractivity (Wildman–Crippen MR) is 230 cm³/mol. The summed E-state index contributed by atoms with van der Waals surface area (Å²) < 4.78 is 15.0. The fraction of sp³-hybridized carbons (Fsp3) is 0. The van der Waals surface area contributed by atoms with Crippen LogP contribution in [0.15, 0.2) is 191 Å². The standard InChI is InChI=1S/C51H30N4O2/c1-3-12-31(13-4-1)33-23-27-45-41(28-33)37-25-24-35(30-47(37)57-45)55-42-19-9-7-16-36(42)40-29-34(22-26-43(40)55)50-52-49(32-14-5-2-6-15-32)53-51(54-50)39-18-11-21-46-48(39)38-17-8-10-20-44(38)56-46/h1-30H. The van der Waals surface area contributed by atoms with E-state index in [0.717, 1.165) is 88.1 Å². The molecular formula is C51H30N4O2. The SMILES string of the molecule is c1ccc(-c2ccc3oc4cc(-n5c6ccccc6c6cc(-c7nc(-c8ccccc8)nc(-c8cccc9oc%10ccccc%10c89)n7)ccc65)ccc4c3c2)cc1. The van der Waals surface area contributed by atoms with E-state index < -0.39 is 0 Å². The number of para-hydroxylation sites is 2. The van der Waals surface area contributed by atoms with E-state index in [-0.39, 0.29) is 0 Å². The van der Waals surface area contributed by atoms with Gasteiger partial charge in [0.25, 0.3) is 0 Å². The molecule has 12 aromatic rings. The average Bonchev–Trinajstić information content (AvgIpc) is 3.95. The van der Waals surface area contributed by atoms with E-state index in [9.17, 15) is 0 Å². The normalized spacial score (nSPS) is 11.9. The maximum Gasteiger partial charge on any atom is 0.164 e. The van der Waals surface area contributed by atoms with Gasteiger partial charge >= 0.3 is 0 Å². The first-order valence-corrected chi connectivity index (χ1v) is 19.0. The lowest BCUT2D eigenvalue weighted by Gasteiger charge is -2.10. The Bertz CT molecular complexity index is 3530. The molecule has 4 aromatic heterocycles. The molecule has 4 heterocycles. The summed E-state index contributed by atoms with van der Waals surface area (Å²) in [6.07, 6.45) is 0. The number of nitrogens with zero attached hydrogens (tertiary/aromatic N) is 4. The molecule has 6 heteroatoms. The monoisotopic (exact) mass is 730 g/mol. The van der Waals surface area contributed by atoms with Crippen LogP contribution in [0.3, 0.4) is 0 Å². The zero-order valence-electron chi connectivity index (χ0n) is 30.4. The van der Waals surface area contributed by atoms with E-state index in [4.69, 9.17) is 23.8 Å². The Morgan fingerprint density at radius 3 is 1.82 bits per heavy atom. The molecule has 0 radical (unpaired) electrons. The highest BCUT2D eigenvalue weighted by Gasteiger charge is 2.20. The number of rotatable bonds is 5. The van der Waals surface area contributed by atoms with Crippen LogP contribution in [0.4, 0.5) is 0 Å². The van der Waals surface area contributed by atoms with E-state index in [1.54, 1.807) is 0 Å². The zero-order valence-corrected chi connectivity index (χ0v) is 30.4. The average molecular weight is 731 g/mol. The number of hydrogen-bond acceptors (Lipinski definition) is 5. The lowest BCUT2D eigenvalue weighted by atomic mass is 10.0. The first-order chi connectivity index (χ1) is 28.2. The molecule has 12 rings (SSSR count). The molecule has 0 aliphatic rings. The molecule has 0 spiro atoms. The maximum absolute atomic E-state index is 6.48. The fourth-order valence-corrected chi connectivity index (χ4v) is 8.41. The van der Waals surface area contributed by atoms with Gasteiger partial charge in [-0.25, -0.2) is 15.0 Å². The van der Waals surface area contributed by atoms with E-state index in [1.165, 1.54) is 11.1 Å². The van der Waals surface area contributed by atoms with E-state index in [0.29, 0.717) is 17.5 Å². The van der Waals surface area contributed by atoms with E-state index in [1.807, 2.05) is 66.7 Å². The van der Waals surface area contributed by atoms with Crippen LogP contribution < -0.4 is 0 Å². The van der Waals surface area contributed by atoms with Crippen molar-refractivity contribution in [2.24, 2.45) is 0 Å². The van der Waals surface area contributed by atoms with Crippen molar-refractivity contribution in [3.63, 3.8) is 0 Å². The Morgan fingerprint density at radius 2 is 0.965 bits per heavy atom. The second-order valence-electron chi connectivity index (χ2n) is 14.4. The van der Waals surface area contributed by atoms with Crippen molar-refractivity contribution in [3.8, 4) is 51.0 Å². The quantitative estimate of drug-likeness (QED) is 0.176. The summed E-state index contributed by atoms with van der Waals surface area (Å²) in [5, 5.41) is 6.45. The summed E-state index contributed by atoms with van der Waals surface area (Å²) in [6.45, 7) is 0. The summed E-state index contributed by atoms with van der Waals surface area (Å²) in [7, 11) is 0. The van der Waals surface area contributed by atoms with Crippen LogP contribution >= 0.6 is 0 Å². The topological polar surface area (TPSA) is 69.9 Å². The van der Waals surface area contributed by atoms with Crippen molar-refractivity contribution in [1.29, 1.82) is 0 Å². The Morgan fingerprint density at radius 1 is 0.333 bits per heavy atom. The summed E-state index contributed by atoms with van der Waals surface area (Å²) in [6, 6.07) is 62.7. The van der Waals surface area contributed by atoms with Gasteiger partial charge in [-0.1, -0.05) is 115 Å². The molecule has 0 aliphatic heterocycles. The van der Waals surface area contributed by atoms with Crippen LogP contribution in [-0.2, 0) is 0 Å². The molecule has 0 atom stereocenters. The van der Waals surface area contributed by atoms with Gasteiger partial charge in [-0.15, -0.1) is 0 Å². The number of benzene rings is 8. The van der Waals surface area contributed by atoms with Gasteiger partial charge in [-0.05, 0) is 71.8 Å². The largest absolute Gasteiger partial charge is 0.456 e. The number of furan rings is 2. The fourth-order valence-electron chi connectivity index (χ4n) is 8.41. The second kappa shape index (κ2) is 12.3. The van der Waals surface area contributed by atoms with Gasteiger partial charge in [0.15, 0.2) is 17.5 Å². The lowest BCUT2D eigenvalue weighted by molar-refractivity contribution is 0.668. The minimum atomic E-state index is 0.591. The van der Waals surface area contributed by atoms with Crippen molar-refractivity contribution in [2.45, 2.75) is 0 Å². The van der Waals surface area contributed by atoms with E-state index in [2.05, 4.69) is 120 Å². The van der Waals surface area contributed by atoms with Crippen LogP contribution in [0.2, 0.25) is 0 Å². The third-order valence-corrected chi connectivity index (χ3v) is 11.1. The molecule has 0 fully saturated rings. The Hall–Kier alpha value is -7.83.